The Bertz CT molecular complexity index is 644. The van der Waals surface area contributed by atoms with E-state index >= 15 is 0 Å². The molecule has 2 aromatic rings. The lowest BCUT2D eigenvalue weighted by molar-refractivity contribution is 0.0696. The first-order valence-corrected chi connectivity index (χ1v) is 6.08. The first kappa shape index (κ1) is 13.8. The molecule has 0 aliphatic rings. The van der Waals surface area contributed by atoms with E-state index in [0.717, 1.165) is 11.3 Å². The molecule has 6 nitrogen and oxygen atoms in total. The Kier molecular flexibility index (Phi) is 3.84. The number of aromatic nitrogens is 2. The first-order chi connectivity index (χ1) is 9.49. The molecule has 0 aliphatic heterocycles. The average Bonchev–Trinajstić information content (AvgIpc) is 2.76. The van der Waals surface area contributed by atoms with Crippen LogP contribution < -0.4 is 5.32 Å². The summed E-state index contributed by atoms with van der Waals surface area (Å²) < 4.78 is 1.74. The topological polar surface area (TPSA) is 84.2 Å². The fourth-order valence-corrected chi connectivity index (χ4v) is 1.76. The van der Waals surface area contributed by atoms with Crippen molar-refractivity contribution in [2.45, 2.75) is 13.5 Å². The lowest BCUT2D eigenvalue weighted by Crippen LogP contribution is -2.23. The van der Waals surface area contributed by atoms with Crippen LogP contribution in [-0.2, 0) is 13.6 Å². The molecule has 0 spiro atoms. The number of nitrogens with one attached hydrogen (secondary N) is 1. The smallest absolute Gasteiger partial charge is 0.335 e. The number of aryl methyl sites for hydroxylation is 1. The van der Waals surface area contributed by atoms with Crippen molar-refractivity contribution in [3.8, 4) is 0 Å². The largest absolute Gasteiger partial charge is 0.478 e. The van der Waals surface area contributed by atoms with E-state index in [4.69, 9.17) is 5.11 Å². The van der Waals surface area contributed by atoms with Gasteiger partial charge in [0.05, 0.1) is 11.8 Å². The summed E-state index contributed by atoms with van der Waals surface area (Å²) in [5, 5.41) is 15.7. The van der Waals surface area contributed by atoms with E-state index in [-0.39, 0.29) is 11.5 Å². The lowest BCUT2D eigenvalue weighted by Gasteiger charge is -2.05. The molecule has 0 fully saturated rings. The highest BCUT2D eigenvalue weighted by molar-refractivity contribution is 5.95. The van der Waals surface area contributed by atoms with Crippen LogP contribution in [0.4, 0.5) is 0 Å². The van der Waals surface area contributed by atoms with Crippen LogP contribution in [0, 0.1) is 6.92 Å². The number of hydrogen-bond acceptors (Lipinski definition) is 3. The van der Waals surface area contributed by atoms with Crippen LogP contribution in [-0.4, -0.2) is 26.8 Å². The van der Waals surface area contributed by atoms with Gasteiger partial charge in [-0.25, -0.2) is 4.79 Å². The Morgan fingerprint density at radius 2 is 1.85 bits per heavy atom. The number of amides is 1. The van der Waals surface area contributed by atoms with Gasteiger partial charge in [-0.15, -0.1) is 0 Å². The highest BCUT2D eigenvalue weighted by Gasteiger charge is 2.09. The minimum Gasteiger partial charge on any atom is -0.478 e. The van der Waals surface area contributed by atoms with Crippen molar-refractivity contribution < 1.29 is 14.7 Å². The summed E-state index contributed by atoms with van der Waals surface area (Å²) in [6.45, 7) is 2.31. The predicted octanol–water partition coefficient (Wildman–Crippen LogP) is 1.36. The molecule has 2 N–H and O–H groups in total. The van der Waals surface area contributed by atoms with Gasteiger partial charge < -0.3 is 10.4 Å². The minimum atomic E-state index is -1.01. The maximum atomic E-state index is 11.9. The van der Waals surface area contributed by atoms with Gasteiger partial charge in [0, 0.05) is 30.4 Å². The van der Waals surface area contributed by atoms with Crippen molar-refractivity contribution in [3.05, 3.63) is 52.8 Å². The fourth-order valence-electron chi connectivity index (χ4n) is 1.76. The van der Waals surface area contributed by atoms with Gasteiger partial charge in [-0.3, -0.25) is 9.48 Å². The highest BCUT2D eigenvalue weighted by atomic mass is 16.4. The third-order valence-electron chi connectivity index (χ3n) is 3.17. The van der Waals surface area contributed by atoms with Crippen molar-refractivity contribution in [2.24, 2.45) is 7.05 Å². The number of benzene rings is 1. The molecule has 1 amide bonds. The molecule has 20 heavy (non-hydrogen) atoms. The summed E-state index contributed by atoms with van der Waals surface area (Å²) in [5.74, 6) is -1.26. The molecular weight excluding hydrogens is 258 g/mol. The molecule has 0 bridgehead atoms. The molecule has 0 aliphatic carbocycles. The molecular formula is C14H15N3O3. The van der Waals surface area contributed by atoms with E-state index in [9.17, 15) is 9.59 Å². The first-order valence-electron chi connectivity index (χ1n) is 6.08. The molecule has 0 saturated carbocycles. The molecule has 0 atom stereocenters. The Labute approximate surface area is 116 Å². The molecule has 1 heterocycles. The molecule has 0 radical (unpaired) electrons. The predicted molar refractivity (Wildman–Crippen MR) is 72.5 cm³/mol. The summed E-state index contributed by atoms with van der Waals surface area (Å²) in [7, 11) is 1.84. The van der Waals surface area contributed by atoms with Crippen LogP contribution in [0.3, 0.4) is 0 Å². The zero-order valence-corrected chi connectivity index (χ0v) is 11.3. The van der Waals surface area contributed by atoms with Gasteiger partial charge in [0.15, 0.2) is 0 Å². The second kappa shape index (κ2) is 5.56. The molecule has 0 saturated heterocycles. The van der Waals surface area contributed by atoms with Gasteiger partial charge in [0.25, 0.3) is 5.91 Å². The second-order valence-electron chi connectivity index (χ2n) is 4.44. The van der Waals surface area contributed by atoms with Crippen LogP contribution in [0.15, 0.2) is 30.5 Å². The zero-order valence-electron chi connectivity index (χ0n) is 11.3. The highest BCUT2D eigenvalue weighted by Crippen LogP contribution is 2.07. The number of nitrogens with zero attached hydrogens (tertiary/aromatic N) is 2. The number of carboxylic acid groups (broad SMARTS) is 1. The van der Waals surface area contributed by atoms with Gasteiger partial charge in [-0.1, -0.05) is 0 Å². The van der Waals surface area contributed by atoms with Crippen molar-refractivity contribution in [1.82, 2.24) is 15.1 Å². The Hall–Kier alpha value is -2.63. The molecule has 104 valence electrons. The SMILES string of the molecule is Cc1c(CNC(=O)c2ccc(C(=O)O)cc2)cnn1C. The van der Waals surface area contributed by atoms with Gasteiger partial charge in [-0.05, 0) is 31.2 Å². The number of carboxylic acids is 1. The molecule has 1 aromatic heterocycles. The number of rotatable bonds is 4. The van der Waals surface area contributed by atoms with E-state index in [0.29, 0.717) is 12.1 Å². The monoisotopic (exact) mass is 273 g/mol. The molecule has 0 unspecified atom stereocenters. The van der Waals surface area contributed by atoms with E-state index in [1.807, 2.05) is 14.0 Å². The van der Waals surface area contributed by atoms with Gasteiger partial charge in [-0.2, -0.15) is 5.10 Å². The number of aromatic carboxylic acids is 1. The number of carbonyl (C=O) groups is 2. The van der Waals surface area contributed by atoms with Crippen LogP contribution >= 0.6 is 0 Å². The average molecular weight is 273 g/mol. The summed E-state index contributed by atoms with van der Waals surface area (Å²) in [6, 6.07) is 5.81. The Morgan fingerprint density at radius 3 is 2.35 bits per heavy atom. The summed E-state index contributed by atoms with van der Waals surface area (Å²) >= 11 is 0. The normalized spacial score (nSPS) is 10.3. The zero-order chi connectivity index (χ0) is 14.7. The third-order valence-corrected chi connectivity index (χ3v) is 3.17. The van der Waals surface area contributed by atoms with Crippen LogP contribution in [0.25, 0.3) is 0 Å². The number of hydrogen-bond donors (Lipinski definition) is 2. The standard InChI is InChI=1S/C14H15N3O3/c1-9-12(8-16-17(9)2)7-15-13(18)10-3-5-11(6-4-10)14(19)20/h3-6,8H,7H2,1-2H3,(H,15,18)(H,19,20). The number of carbonyl (C=O) groups excluding carboxylic acids is 1. The van der Waals surface area contributed by atoms with Crippen molar-refractivity contribution in [2.75, 3.05) is 0 Å². The second-order valence-corrected chi connectivity index (χ2v) is 4.44. The van der Waals surface area contributed by atoms with Crippen molar-refractivity contribution in [1.29, 1.82) is 0 Å². The molecule has 2 rings (SSSR count). The van der Waals surface area contributed by atoms with Gasteiger partial charge >= 0.3 is 5.97 Å². The third kappa shape index (κ3) is 2.85. The molecule has 1 aromatic carbocycles. The minimum absolute atomic E-state index is 0.157. The fraction of sp³-hybridized carbons (Fsp3) is 0.214. The maximum absolute atomic E-state index is 11.9. The summed E-state index contributed by atoms with van der Waals surface area (Å²) in [6.07, 6.45) is 1.71. The Morgan fingerprint density at radius 1 is 1.25 bits per heavy atom. The van der Waals surface area contributed by atoms with Crippen molar-refractivity contribution >= 4 is 11.9 Å². The van der Waals surface area contributed by atoms with Gasteiger partial charge in [0.2, 0.25) is 0 Å². The Balaban J connectivity index is 2.01. The molecule has 6 heteroatoms. The maximum Gasteiger partial charge on any atom is 0.335 e. The summed E-state index contributed by atoms with van der Waals surface area (Å²) in [4.78, 5) is 22.7. The van der Waals surface area contributed by atoms with Crippen LogP contribution in [0.1, 0.15) is 32.0 Å². The van der Waals surface area contributed by atoms with E-state index in [1.54, 1.807) is 10.9 Å². The quantitative estimate of drug-likeness (QED) is 0.880. The lowest BCUT2D eigenvalue weighted by atomic mass is 10.1. The van der Waals surface area contributed by atoms with Crippen molar-refractivity contribution in [3.63, 3.8) is 0 Å². The van der Waals surface area contributed by atoms with Crippen LogP contribution in [0.2, 0.25) is 0 Å². The van der Waals surface area contributed by atoms with E-state index < -0.39 is 5.97 Å². The van der Waals surface area contributed by atoms with Gasteiger partial charge in [0.1, 0.15) is 0 Å². The van der Waals surface area contributed by atoms with E-state index in [1.165, 1.54) is 24.3 Å². The van der Waals surface area contributed by atoms with Crippen LogP contribution in [0.5, 0.6) is 0 Å². The van der Waals surface area contributed by atoms with E-state index in [2.05, 4.69) is 10.4 Å². The summed E-state index contributed by atoms with van der Waals surface area (Å²) in [5.41, 5.74) is 2.52.